The van der Waals surface area contributed by atoms with Gasteiger partial charge in [0.2, 0.25) is 5.91 Å². The molecule has 0 bridgehead atoms. The summed E-state index contributed by atoms with van der Waals surface area (Å²) in [5, 5.41) is 0.0110. The van der Waals surface area contributed by atoms with Gasteiger partial charge in [0.05, 0.1) is 11.8 Å². The van der Waals surface area contributed by atoms with Crippen LogP contribution < -0.4 is 0 Å². The van der Waals surface area contributed by atoms with Crippen LogP contribution in [-0.4, -0.2) is 33.9 Å². The predicted octanol–water partition coefficient (Wildman–Crippen LogP) is 0.587. The van der Waals surface area contributed by atoms with Crippen molar-refractivity contribution < 1.29 is 24.2 Å². The van der Waals surface area contributed by atoms with Crippen LogP contribution in [0.5, 0.6) is 0 Å². The minimum atomic E-state index is -0.801. The maximum absolute atomic E-state index is 11.6. The molecule has 0 radical (unpaired) electrons. The second-order valence-corrected chi connectivity index (χ2v) is 4.74. The van der Waals surface area contributed by atoms with E-state index in [9.17, 15) is 14.4 Å². The molecule has 2 heterocycles. The highest BCUT2D eigenvalue weighted by molar-refractivity contribution is 8.00. The molecule has 0 aromatic rings. The van der Waals surface area contributed by atoms with Crippen LogP contribution in [-0.2, 0) is 24.2 Å². The van der Waals surface area contributed by atoms with E-state index in [1.165, 1.54) is 4.90 Å². The van der Waals surface area contributed by atoms with Gasteiger partial charge in [-0.05, 0) is 6.08 Å². The lowest BCUT2D eigenvalue weighted by atomic mass is 10.1. The van der Waals surface area contributed by atoms with Gasteiger partial charge in [-0.15, -0.1) is 11.8 Å². The van der Waals surface area contributed by atoms with Gasteiger partial charge in [-0.1, -0.05) is 6.92 Å². The average Bonchev–Trinajstić information content (AvgIpc) is 2.33. The predicted molar refractivity (Wildman–Crippen MR) is 58.3 cm³/mol. The van der Waals surface area contributed by atoms with E-state index in [2.05, 4.69) is 9.78 Å². The number of carbonyl (C=O) groups is 3. The van der Waals surface area contributed by atoms with E-state index in [-0.39, 0.29) is 23.4 Å². The van der Waals surface area contributed by atoms with Crippen LogP contribution in [0.4, 0.5) is 0 Å². The van der Waals surface area contributed by atoms with Crippen molar-refractivity contribution in [2.75, 3.05) is 5.75 Å². The molecule has 0 saturated carbocycles. The molecule has 2 aliphatic heterocycles. The highest BCUT2D eigenvalue weighted by Crippen LogP contribution is 2.37. The van der Waals surface area contributed by atoms with Crippen molar-refractivity contribution in [2.45, 2.75) is 25.1 Å². The number of fused-ring (bicyclic) bond motifs is 1. The van der Waals surface area contributed by atoms with Gasteiger partial charge >= 0.3 is 11.9 Å². The van der Waals surface area contributed by atoms with E-state index in [1.54, 1.807) is 24.8 Å². The van der Waals surface area contributed by atoms with Crippen molar-refractivity contribution in [3.63, 3.8) is 0 Å². The fraction of sp³-hybridized carbons (Fsp3) is 0.500. The minimum absolute atomic E-state index is 0.0110. The number of hydrogen-bond acceptors (Lipinski definition) is 6. The summed E-state index contributed by atoms with van der Waals surface area (Å²) in [6.07, 6.45) is 2.15. The topological polar surface area (TPSA) is 72.9 Å². The summed E-state index contributed by atoms with van der Waals surface area (Å²) < 4.78 is 0. The quantitative estimate of drug-likeness (QED) is 0.409. The van der Waals surface area contributed by atoms with E-state index in [0.717, 1.165) is 0 Å². The molecular weight excluding hydrogens is 246 g/mol. The fourth-order valence-corrected chi connectivity index (χ4v) is 2.63. The van der Waals surface area contributed by atoms with Crippen LogP contribution in [0.3, 0.4) is 0 Å². The largest absolute Gasteiger partial charge is 0.402 e. The first-order chi connectivity index (χ1) is 8.13. The van der Waals surface area contributed by atoms with Gasteiger partial charge in [0.15, 0.2) is 0 Å². The van der Waals surface area contributed by atoms with E-state index < -0.39 is 11.9 Å². The third kappa shape index (κ3) is 2.28. The van der Waals surface area contributed by atoms with Crippen LogP contribution in [0.15, 0.2) is 11.8 Å². The molecule has 1 fully saturated rings. The summed E-state index contributed by atoms with van der Waals surface area (Å²) in [5.74, 6) is -0.909. The number of carbonyl (C=O) groups excluding carboxylic acids is 3. The highest BCUT2D eigenvalue weighted by atomic mass is 32.2. The van der Waals surface area contributed by atoms with Crippen LogP contribution in [0.25, 0.3) is 0 Å². The molecule has 7 heteroatoms. The lowest BCUT2D eigenvalue weighted by molar-refractivity contribution is -0.256. The number of rotatable bonds is 2. The monoisotopic (exact) mass is 257 g/mol. The molecule has 0 aliphatic carbocycles. The van der Waals surface area contributed by atoms with Gasteiger partial charge in [-0.3, -0.25) is 9.69 Å². The number of thioether (sulfide) groups is 1. The summed E-state index contributed by atoms with van der Waals surface area (Å²) in [7, 11) is 0. The van der Waals surface area contributed by atoms with Gasteiger partial charge in [-0.2, -0.15) is 0 Å². The first-order valence-electron chi connectivity index (χ1n) is 5.19. The maximum atomic E-state index is 11.6. The second kappa shape index (κ2) is 4.79. The van der Waals surface area contributed by atoms with E-state index in [4.69, 9.17) is 0 Å². The second-order valence-electron chi connectivity index (χ2n) is 3.52. The zero-order chi connectivity index (χ0) is 12.4. The Balaban J connectivity index is 1.96. The molecule has 0 aromatic heterocycles. The molecule has 0 unspecified atom stereocenters. The Kier molecular flexibility index (Phi) is 3.37. The zero-order valence-electron chi connectivity index (χ0n) is 9.17. The van der Waals surface area contributed by atoms with Crippen LogP contribution in [0.1, 0.15) is 19.8 Å². The normalized spacial score (nSPS) is 22.2. The first kappa shape index (κ1) is 12.0. The zero-order valence-corrected chi connectivity index (χ0v) is 9.99. The Morgan fingerprint density at radius 3 is 2.94 bits per heavy atom. The molecular formula is C10H11NO5S. The minimum Gasteiger partial charge on any atom is -0.293 e. The summed E-state index contributed by atoms with van der Waals surface area (Å²) in [5.41, 5.74) is 0.161. The Bertz CT molecular complexity index is 406. The van der Waals surface area contributed by atoms with E-state index >= 15 is 0 Å². The molecule has 1 saturated heterocycles. The smallest absolute Gasteiger partial charge is 0.293 e. The molecule has 2 rings (SSSR count). The Morgan fingerprint density at radius 2 is 2.29 bits per heavy atom. The molecule has 17 heavy (non-hydrogen) atoms. The number of nitrogens with zero attached hydrogens (tertiary/aromatic N) is 1. The van der Waals surface area contributed by atoms with Crippen LogP contribution >= 0.6 is 11.8 Å². The molecule has 2 aliphatic rings. The summed E-state index contributed by atoms with van der Waals surface area (Å²) in [6, 6.07) is 0. The van der Waals surface area contributed by atoms with Crippen molar-refractivity contribution in [2.24, 2.45) is 0 Å². The SMILES string of the molecule is CCC(=O)OOC(=O)C1=CCS[C@@H]2CC(=O)N12. The third-order valence-electron chi connectivity index (χ3n) is 2.44. The summed E-state index contributed by atoms with van der Waals surface area (Å²) >= 11 is 1.58. The molecule has 0 aromatic carbocycles. The van der Waals surface area contributed by atoms with E-state index in [0.29, 0.717) is 12.2 Å². The summed E-state index contributed by atoms with van der Waals surface area (Å²) in [4.78, 5) is 43.8. The van der Waals surface area contributed by atoms with Crippen LogP contribution in [0, 0.1) is 0 Å². The molecule has 92 valence electrons. The third-order valence-corrected chi connectivity index (χ3v) is 3.56. The molecule has 0 N–H and O–H groups in total. The van der Waals surface area contributed by atoms with Crippen molar-refractivity contribution in [1.29, 1.82) is 0 Å². The highest BCUT2D eigenvalue weighted by Gasteiger charge is 2.43. The lowest BCUT2D eigenvalue weighted by Gasteiger charge is -2.42. The van der Waals surface area contributed by atoms with Crippen molar-refractivity contribution >= 4 is 29.6 Å². The van der Waals surface area contributed by atoms with Crippen molar-refractivity contribution in [1.82, 2.24) is 4.90 Å². The fourth-order valence-electron chi connectivity index (χ4n) is 1.51. The van der Waals surface area contributed by atoms with Gasteiger partial charge in [0, 0.05) is 12.2 Å². The van der Waals surface area contributed by atoms with Crippen molar-refractivity contribution in [3.8, 4) is 0 Å². The number of β-lactam (4-membered cyclic amide) rings is 1. The first-order valence-corrected chi connectivity index (χ1v) is 6.24. The van der Waals surface area contributed by atoms with Gasteiger partial charge in [0.1, 0.15) is 5.70 Å². The Morgan fingerprint density at radius 1 is 1.53 bits per heavy atom. The molecule has 0 spiro atoms. The van der Waals surface area contributed by atoms with Gasteiger partial charge in [-0.25, -0.2) is 19.4 Å². The van der Waals surface area contributed by atoms with E-state index in [1.807, 2.05) is 0 Å². The molecule has 1 amide bonds. The van der Waals surface area contributed by atoms with Gasteiger partial charge < -0.3 is 0 Å². The summed E-state index contributed by atoms with van der Waals surface area (Å²) in [6.45, 7) is 1.58. The molecule has 6 nitrogen and oxygen atoms in total. The number of hydrogen-bond donors (Lipinski definition) is 0. The van der Waals surface area contributed by atoms with Crippen molar-refractivity contribution in [3.05, 3.63) is 11.8 Å². The average molecular weight is 257 g/mol. The van der Waals surface area contributed by atoms with Crippen LogP contribution in [0.2, 0.25) is 0 Å². The maximum Gasteiger partial charge on any atom is 0.402 e. The number of amides is 1. The van der Waals surface area contributed by atoms with Gasteiger partial charge in [0.25, 0.3) is 0 Å². The Hall–Kier alpha value is -1.50. The lowest BCUT2D eigenvalue weighted by Crippen LogP contribution is -2.53. The Labute approximate surface area is 102 Å². The molecule has 1 atom stereocenters. The standard InChI is InChI=1S/C10H11NO5S/c1-2-9(13)15-16-10(14)6-3-4-17-8-5-7(12)11(6)8/h3,8H,2,4-5H2,1H3/t8-/m1/s1.